The number of hydrogen-bond donors (Lipinski definition) is 1. The second-order valence-electron chi connectivity index (χ2n) is 5.07. The zero-order chi connectivity index (χ0) is 14.6. The lowest BCUT2D eigenvalue weighted by atomic mass is 9.97. The van der Waals surface area contributed by atoms with E-state index in [0.717, 1.165) is 31.6 Å². The highest BCUT2D eigenvalue weighted by Gasteiger charge is 2.32. The number of nitrogens with two attached hydrogens (primary N) is 1. The fourth-order valence-electron chi connectivity index (χ4n) is 2.39. The highest BCUT2D eigenvalue weighted by molar-refractivity contribution is 5.67. The number of piperidine rings is 1. The SMILES string of the molecule is Nc1ccccc1N1CCC(COC(F)(F)CF)CC1. The summed E-state index contributed by atoms with van der Waals surface area (Å²) in [6.45, 7) is -0.395. The van der Waals surface area contributed by atoms with Gasteiger partial charge in [-0.25, -0.2) is 4.39 Å². The van der Waals surface area contributed by atoms with Crippen molar-refractivity contribution in [2.75, 3.05) is 37.0 Å². The lowest BCUT2D eigenvalue weighted by molar-refractivity contribution is -0.252. The number of anilines is 2. The molecule has 2 rings (SSSR count). The lowest BCUT2D eigenvalue weighted by Gasteiger charge is -2.34. The van der Waals surface area contributed by atoms with Gasteiger partial charge in [0.25, 0.3) is 0 Å². The largest absolute Gasteiger partial charge is 0.397 e. The summed E-state index contributed by atoms with van der Waals surface area (Å²) in [6.07, 6.45) is -2.19. The van der Waals surface area contributed by atoms with Gasteiger partial charge in [0, 0.05) is 13.1 Å². The summed E-state index contributed by atoms with van der Waals surface area (Å²) in [7, 11) is 0. The van der Waals surface area contributed by atoms with Crippen molar-refractivity contribution in [1.82, 2.24) is 0 Å². The van der Waals surface area contributed by atoms with Crippen molar-refractivity contribution in [3.8, 4) is 0 Å². The van der Waals surface area contributed by atoms with Crippen LogP contribution < -0.4 is 10.6 Å². The summed E-state index contributed by atoms with van der Waals surface area (Å²) in [5, 5.41) is 0. The van der Waals surface area contributed by atoms with E-state index in [1.807, 2.05) is 24.3 Å². The summed E-state index contributed by atoms with van der Waals surface area (Å²) in [4.78, 5) is 2.14. The van der Waals surface area contributed by atoms with E-state index in [-0.39, 0.29) is 12.5 Å². The van der Waals surface area contributed by atoms with Crippen molar-refractivity contribution in [3.05, 3.63) is 24.3 Å². The Bertz CT molecular complexity index is 434. The van der Waals surface area contributed by atoms with E-state index >= 15 is 0 Å². The van der Waals surface area contributed by atoms with E-state index in [1.54, 1.807) is 0 Å². The maximum Gasteiger partial charge on any atom is 0.384 e. The van der Waals surface area contributed by atoms with Crippen LogP contribution in [0.1, 0.15) is 12.8 Å². The maximum absolute atomic E-state index is 12.7. The molecule has 1 aliphatic heterocycles. The van der Waals surface area contributed by atoms with Crippen LogP contribution in [0.15, 0.2) is 24.3 Å². The fourth-order valence-corrected chi connectivity index (χ4v) is 2.39. The quantitative estimate of drug-likeness (QED) is 0.846. The van der Waals surface area contributed by atoms with Gasteiger partial charge in [-0.3, -0.25) is 0 Å². The third kappa shape index (κ3) is 3.79. The average Bonchev–Trinajstić information content (AvgIpc) is 2.46. The average molecular weight is 288 g/mol. The van der Waals surface area contributed by atoms with E-state index in [9.17, 15) is 13.2 Å². The van der Waals surface area contributed by atoms with E-state index in [2.05, 4.69) is 9.64 Å². The number of alkyl halides is 3. The molecule has 0 amide bonds. The van der Waals surface area contributed by atoms with Gasteiger partial charge in [-0.15, -0.1) is 0 Å². The van der Waals surface area contributed by atoms with E-state index in [1.165, 1.54) is 0 Å². The highest BCUT2D eigenvalue weighted by atomic mass is 19.3. The van der Waals surface area contributed by atoms with Crippen LogP contribution in [0.3, 0.4) is 0 Å². The molecule has 0 spiro atoms. The Balaban J connectivity index is 1.82. The van der Waals surface area contributed by atoms with Gasteiger partial charge < -0.3 is 15.4 Å². The molecule has 1 aromatic rings. The molecule has 20 heavy (non-hydrogen) atoms. The van der Waals surface area contributed by atoms with Crippen LogP contribution in [0, 0.1) is 5.92 Å². The zero-order valence-corrected chi connectivity index (χ0v) is 11.2. The Kier molecular flexibility index (Phi) is 4.75. The van der Waals surface area contributed by atoms with Crippen LogP contribution in [-0.4, -0.2) is 32.5 Å². The third-order valence-corrected chi connectivity index (χ3v) is 3.58. The van der Waals surface area contributed by atoms with Gasteiger partial charge in [-0.1, -0.05) is 12.1 Å². The van der Waals surface area contributed by atoms with Gasteiger partial charge in [0.05, 0.1) is 18.0 Å². The van der Waals surface area contributed by atoms with Crippen LogP contribution in [0.5, 0.6) is 0 Å². The maximum atomic E-state index is 12.7. The van der Waals surface area contributed by atoms with Gasteiger partial charge in [0.15, 0.2) is 6.67 Å². The van der Waals surface area contributed by atoms with E-state index in [0.29, 0.717) is 5.69 Å². The lowest BCUT2D eigenvalue weighted by Crippen LogP contribution is -2.37. The minimum atomic E-state index is -3.65. The summed E-state index contributed by atoms with van der Waals surface area (Å²) in [5.41, 5.74) is 7.60. The first-order valence-electron chi connectivity index (χ1n) is 6.69. The van der Waals surface area contributed by atoms with Crippen molar-refractivity contribution in [1.29, 1.82) is 0 Å². The molecule has 112 valence electrons. The topological polar surface area (TPSA) is 38.5 Å². The molecule has 1 aliphatic rings. The van der Waals surface area contributed by atoms with Crippen molar-refractivity contribution < 1.29 is 17.9 Å². The standard InChI is InChI=1S/C14H19F3N2O/c15-10-14(16,17)20-9-11-5-7-19(8-6-11)13-4-2-1-3-12(13)18/h1-4,11H,5-10,18H2. The molecule has 2 N–H and O–H groups in total. The molecular formula is C14H19F3N2O. The monoisotopic (exact) mass is 288 g/mol. The zero-order valence-electron chi connectivity index (χ0n) is 11.2. The Labute approximate surface area is 116 Å². The predicted octanol–water partition coefficient (Wildman–Crippen LogP) is 3.06. The molecule has 6 heteroatoms. The normalized spacial score (nSPS) is 17.4. The van der Waals surface area contributed by atoms with Gasteiger partial charge >= 0.3 is 6.11 Å². The minimum Gasteiger partial charge on any atom is -0.397 e. The van der Waals surface area contributed by atoms with Crippen LogP contribution in [0.25, 0.3) is 0 Å². The number of nitrogens with zero attached hydrogens (tertiary/aromatic N) is 1. The molecule has 0 bridgehead atoms. The Morgan fingerprint density at radius 2 is 1.90 bits per heavy atom. The molecule has 0 unspecified atom stereocenters. The first-order valence-corrected chi connectivity index (χ1v) is 6.69. The predicted molar refractivity (Wildman–Crippen MR) is 72.7 cm³/mol. The Hall–Kier alpha value is -1.43. The van der Waals surface area contributed by atoms with E-state index in [4.69, 9.17) is 5.73 Å². The van der Waals surface area contributed by atoms with Crippen LogP contribution >= 0.6 is 0 Å². The fraction of sp³-hybridized carbons (Fsp3) is 0.571. The minimum absolute atomic E-state index is 0.0358. The summed E-state index contributed by atoms with van der Waals surface area (Å²) in [5.74, 6) is 0.0358. The molecule has 0 aromatic heterocycles. The van der Waals surface area contributed by atoms with Crippen LogP contribution in [-0.2, 0) is 4.74 Å². The highest BCUT2D eigenvalue weighted by Crippen LogP contribution is 2.28. The summed E-state index contributed by atoms with van der Waals surface area (Å²) in [6, 6.07) is 7.58. The van der Waals surface area contributed by atoms with E-state index < -0.39 is 12.8 Å². The molecule has 0 radical (unpaired) electrons. The van der Waals surface area contributed by atoms with Gasteiger partial charge in [-0.2, -0.15) is 8.78 Å². The van der Waals surface area contributed by atoms with Crippen molar-refractivity contribution >= 4 is 11.4 Å². The smallest absolute Gasteiger partial charge is 0.384 e. The third-order valence-electron chi connectivity index (χ3n) is 3.58. The molecule has 0 aliphatic carbocycles. The number of ether oxygens (including phenoxy) is 1. The van der Waals surface area contributed by atoms with Crippen molar-refractivity contribution in [3.63, 3.8) is 0 Å². The Morgan fingerprint density at radius 1 is 1.25 bits per heavy atom. The van der Waals surface area contributed by atoms with Gasteiger partial charge in [-0.05, 0) is 30.9 Å². The molecule has 3 nitrogen and oxygen atoms in total. The number of hydrogen-bond acceptors (Lipinski definition) is 3. The second kappa shape index (κ2) is 6.35. The first kappa shape index (κ1) is 15.0. The van der Waals surface area contributed by atoms with Crippen molar-refractivity contribution in [2.24, 2.45) is 5.92 Å². The second-order valence-corrected chi connectivity index (χ2v) is 5.07. The molecular weight excluding hydrogens is 269 g/mol. The summed E-state index contributed by atoms with van der Waals surface area (Å²) >= 11 is 0. The molecule has 0 atom stereocenters. The number of para-hydroxylation sites is 2. The Morgan fingerprint density at radius 3 is 2.50 bits per heavy atom. The van der Waals surface area contributed by atoms with Crippen LogP contribution in [0.4, 0.5) is 24.5 Å². The molecule has 0 saturated carbocycles. The van der Waals surface area contributed by atoms with Gasteiger partial charge in [0.1, 0.15) is 0 Å². The molecule has 1 aromatic carbocycles. The number of rotatable bonds is 5. The van der Waals surface area contributed by atoms with Crippen molar-refractivity contribution in [2.45, 2.75) is 19.0 Å². The number of halogens is 3. The number of benzene rings is 1. The first-order chi connectivity index (χ1) is 9.52. The molecule has 1 saturated heterocycles. The van der Waals surface area contributed by atoms with Gasteiger partial charge in [0.2, 0.25) is 0 Å². The number of nitrogen functional groups attached to an aromatic ring is 1. The molecule has 1 heterocycles. The summed E-state index contributed by atoms with van der Waals surface area (Å²) < 4.78 is 41.6. The molecule has 1 fully saturated rings. The van der Waals surface area contributed by atoms with Crippen LogP contribution in [0.2, 0.25) is 0 Å².